The topological polar surface area (TPSA) is 117 Å². The van der Waals surface area contributed by atoms with Crippen LogP contribution in [0.25, 0.3) is 5.52 Å². The molecular weight excluding hydrogens is 617 g/mol. The van der Waals surface area contributed by atoms with Gasteiger partial charge in [0.05, 0.1) is 41.3 Å². The number of fused-ring (bicyclic) bond motifs is 2. The highest BCUT2D eigenvalue weighted by Crippen LogP contribution is 2.52. The molecule has 6 rings (SSSR count). The number of thioether (sulfide) groups is 1. The number of likely N-dealkylation sites (tertiary alicyclic amines) is 1. The molecule has 234 valence electrons. The van der Waals surface area contributed by atoms with Gasteiger partial charge in [0.25, 0.3) is 5.91 Å². The summed E-state index contributed by atoms with van der Waals surface area (Å²) in [4.78, 5) is 14.1. The van der Waals surface area contributed by atoms with Crippen LogP contribution in [0.1, 0.15) is 28.9 Å². The Balaban J connectivity index is 1.20. The molecule has 1 aliphatic carbocycles. The molecule has 10 nitrogen and oxygen atoms in total. The number of benzene rings is 1. The fraction of sp³-hybridized carbons (Fsp3) is 0.448. The van der Waals surface area contributed by atoms with E-state index in [9.17, 15) is 26.4 Å². The smallest absolute Gasteiger partial charge is 0.446 e. The highest BCUT2D eigenvalue weighted by atomic mass is 32.2. The summed E-state index contributed by atoms with van der Waals surface area (Å²) >= 11 is -0.241. The zero-order valence-corrected chi connectivity index (χ0v) is 25.6. The van der Waals surface area contributed by atoms with Crippen molar-refractivity contribution in [3.63, 3.8) is 0 Å². The lowest BCUT2D eigenvalue weighted by Gasteiger charge is -2.41. The standard InChI is InChI=1S/C29H31F3N6O4S2/c1-33-27(39)18-8-9-21(24(13-18)42-2)34-11-4-5-22-26(43-29(30,31)32)23-6-3-7-25(38(23)36-22)35-28-10-12-37(15-19(28)14-28)20-16-44(40,41)17-20/h3,6-9,13,19-20,34-35H,10-12,14-17H2,1-2H3,(H,33,39)/t19-,28+/m0/s1. The summed E-state index contributed by atoms with van der Waals surface area (Å²) in [6, 6.07) is 10.0. The van der Waals surface area contributed by atoms with E-state index in [1.54, 1.807) is 36.4 Å². The van der Waals surface area contributed by atoms with Gasteiger partial charge in [-0.25, -0.2) is 12.9 Å². The Morgan fingerprint density at radius 3 is 2.73 bits per heavy atom. The molecule has 1 aromatic carbocycles. The molecule has 2 saturated heterocycles. The number of rotatable bonds is 8. The summed E-state index contributed by atoms with van der Waals surface area (Å²) in [5, 5.41) is 13.7. The minimum absolute atomic E-state index is 0.0103. The summed E-state index contributed by atoms with van der Waals surface area (Å²) in [6.07, 6.45) is 1.71. The molecule has 1 amide bonds. The van der Waals surface area contributed by atoms with Gasteiger partial charge in [0, 0.05) is 37.3 Å². The minimum Gasteiger partial charge on any atom is -0.495 e. The molecule has 3 N–H and O–H groups in total. The quantitative estimate of drug-likeness (QED) is 0.250. The first-order valence-corrected chi connectivity index (χ1v) is 16.7. The summed E-state index contributed by atoms with van der Waals surface area (Å²) in [6.45, 7) is 1.64. The van der Waals surface area contributed by atoms with Gasteiger partial charge in [-0.1, -0.05) is 12.0 Å². The number of anilines is 2. The second-order valence-corrected chi connectivity index (χ2v) is 14.5. The molecule has 4 heterocycles. The predicted octanol–water partition coefficient (Wildman–Crippen LogP) is 3.45. The third-order valence-corrected chi connectivity index (χ3v) is 11.0. The van der Waals surface area contributed by atoms with Crippen LogP contribution in [0.4, 0.5) is 24.7 Å². The lowest BCUT2D eigenvalue weighted by atomic mass is 10.0. The molecule has 0 radical (unpaired) electrons. The zero-order valence-electron chi connectivity index (χ0n) is 24.0. The van der Waals surface area contributed by atoms with E-state index in [-0.39, 0.29) is 57.9 Å². The van der Waals surface area contributed by atoms with Crippen LogP contribution in [0.2, 0.25) is 0 Å². The van der Waals surface area contributed by atoms with E-state index in [1.807, 2.05) is 0 Å². The van der Waals surface area contributed by atoms with Gasteiger partial charge < -0.3 is 20.7 Å². The largest absolute Gasteiger partial charge is 0.495 e. The molecule has 3 aliphatic rings. The van der Waals surface area contributed by atoms with Crippen LogP contribution >= 0.6 is 11.8 Å². The summed E-state index contributed by atoms with van der Waals surface area (Å²) in [5.74, 6) is 7.16. The number of hydrogen-bond donors (Lipinski definition) is 3. The fourth-order valence-corrected chi connectivity index (χ4v) is 8.20. The molecule has 0 bridgehead atoms. The van der Waals surface area contributed by atoms with Gasteiger partial charge in [0.1, 0.15) is 17.3 Å². The van der Waals surface area contributed by atoms with Crippen molar-refractivity contribution < 1.29 is 31.1 Å². The van der Waals surface area contributed by atoms with Crippen LogP contribution in [0, 0.1) is 17.8 Å². The average Bonchev–Trinajstić information content (AvgIpc) is 3.58. The third-order valence-electron chi connectivity index (χ3n) is 8.41. The molecule has 3 aromatic rings. The second kappa shape index (κ2) is 11.4. The third kappa shape index (κ3) is 6.15. The Kier molecular flexibility index (Phi) is 7.87. The normalized spacial score (nSPS) is 22.7. The first-order valence-electron chi connectivity index (χ1n) is 14.0. The van der Waals surface area contributed by atoms with Gasteiger partial charge in [-0.3, -0.25) is 9.69 Å². The molecular formula is C29H31F3N6O4S2. The molecule has 2 aliphatic heterocycles. The van der Waals surface area contributed by atoms with Crippen molar-refractivity contribution in [1.82, 2.24) is 19.8 Å². The predicted molar refractivity (Wildman–Crippen MR) is 162 cm³/mol. The molecule has 0 unspecified atom stereocenters. The number of halogens is 3. The average molecular weight is 649 g/mol. The summed E-state index contributed by atoms with van der Waals surface area (Å²) in [5.41, 5.74) is -3.44. The maximum absolute atomic E-state index is 13.6. The maximum atomic E-state index is 13.6. The number of methoxy groups -OCH3 is 1. The van der Waals surface area contributed by atoms with Gasteiger partial charge in [-0.05, 0) is 66.8 Å². The number of pyridine rings is 1. The molecule has 3 fully saturated rings. The van der Waals surface area contributed by atoms with Crippen molar-refractivity contribution in [1.29, 1.82) is 0 Å². The lowest BCUT2D eigenvalue weighted by molar-refractivity contribution is -0.0327. The number of carbonyl (C=O) groups excluding carboxylic acids is 1. The van der Waals surface area contributed by atoms with Crippen LogP contribution in [0.15, 0.2) is 41.3 Å². The zero-order chi connectivity index (χ0) is 31.3. The van der Waals surface area contributed by atoms with E-state index in [1.165, 1.54) is 18.7 Å². The molecule has 0 spiro atoms. The number of nitrogens with zero attached hydrogens (tertiary/aromatic N) is 3. The molecule has 44 heavy (non-hydrogen) atoms. The van der Waals surface area contributed by atoms with Gasteiger partial charge in [0.2, 0.25) is 0 Å². The monoisotopic (exact) mass is 648 g/mol. The number of ether oxygens (including phenoxy) is 1. The van der Waals surface area contributed by atoms with Crippen molar-refractivity contribution in [3.05, 3.63) is 47.7 Å². The maximum Gasteiger partial charge on any atom is 0.446 e. The Bertz CT molecular complexity index is 1770. The van der Waals surface area contributed by atoms with E-state index in [0.29, 0.717) is 34.3 Å². The van der Waals surface area contributed by atoms with Gasteiger partial charge in [-0.2, -0.15) is 18.3 Å². The number of piperidine rings is 1. The molecule has 2 aromatic heterocycles. The lowest BCUT2D eigenvalue weighted by Crippen LogP contribution is -2.56. The Hall–Kier alpha value is -3.61. The molecule has 2 atom stereocenters. The van der Waals surface area contributed by atoms with Crippen molar-refractivity contribution in [2.24, 2.45) is 5.92 Å². The number of hydrogen-bond acceptors (Lipinski definition) is 9. The SMILES string of the molecule is CNC(=O)c1ccc(NCC#Cc2nn3c(N[C@@]45CCN(C6CS(=O)(=O)C6)C[C@@H]4C5)cccc3c2SC(F)(F)F)c(OC)c1. The van der Waals surface area contributed by atoms with Gasteiger partial charge >= 0.3 is 5.51 Å². The fourth-order valence-electron chi connectivity index (χ4n) is 6.02. The number of alkyl halides is 3. The molecule has 1 saturated carbocycles. The van der Waals surface area contributed by atoms with Crippen LogP contribution in [-0.4, -0.2) is 91.2 Å². The van der Waals surface area contributed by atoms with E-state index < -0.39 is 15.3 Å². The van der Waals surface area contributed by atoms with Gasteiger partial charge in [-0.15, -0.1) is 0 Å². The van der Waals surface area contributed by atoms with Crippen LogP contribution in [-0.2, 0) is 9.84 Å². The van der Waals surface area contributed by atoms with Crippen LogP contribution in [0.5, 0.6) is 5.75 Å². The van der Waals surface area contributed by atoms with Gasteiger partial charge in [0.15, 0.2) is 9.84 Å². The Morgan fingerprint density at radius 1 is 1.25 bits per heavy atom. The van der Waals surface area contributed by atoms with Crippen LogP contribution < -0.4 is 20.7 Å². The van der Waals surface area contributed by atoms with Crippen molar-refractivity contribution >= 4 is 44.5 Å². The van der Waals surface area contributed by atoms with Crippen molar-refractivity contribution in [2.75, 3.05) is 55.9 Å². The highest BCUT2D eigenvalue weighted by Gasteiger charge is 2.58. The first-order chi connectivity index (χ1) is 20.9. The highest BCUT2D eigenvalue weighted by molar-refractivity contribution is 8.00. The number of amides is 1. The van der Waals surface area contributed by atoms with E-state index >= 15 is 0 Å². The second-order valence-electron chi connectivity index (χ2n) is 11.2. The van der Waals surface area contributed by atoms with Crippen molar-refractivity contribution in [2.45, 2.75) is 34.8 Å². The van der Waals surface area contributed by atoms with Crippen LogP contribution in [0.3, 0.4) is 0 Å². The first kappa shape index (κ1) is 30.4. The number of carbonyl (C=O) groups is 1. The number of nitrogens with one attached hydrogen (secondary N) is 3. The molecule has 15 heteroatoms. The Morgan fingerprint density at radius 2 is 2.05 bits per heavy atom. The number of sulfone groups is 1. The summed E-state index contributed by atoms with van der Waals surface area (Å²) < 4.78 is 71.0. The van der Waals surface area contributed by atoms with E-state index in [4.69, 9.17) is 4.74 Å². The Labute approximate surface area is 257 Å². The number of aromatic nitrogens is 2. The van der Waals surface area contributed by atoms with E-state index in [2.05, 4.69) is 37.8 Å². The van der Waals surface area contributed by atoms with E-state index in [0.717, 1.165) is 25.9 Å². The van der Waals surface area contributed by atoms with Crippen molar-refractivity contribution in [3.8, 4) is 17.6 Å². The minimum atomic E-state index is -4.54. The summed E-state index contributed by atoms with van der Waals surface area (Å²) in [7, 11) is 0.0928.